The number of methoxy groups -OCH3 is 1. The minimum atomic E-state index is -0.323. The minimum Gasteiger partial charge on any atom is -0.378 e. The third kappa shape index (κ3) is 2.36. The summed E-state index contributed by atoms with van der Waals surface area (Å²) in [5.74, 6) is 0. The molecule has 0 atom stereocenters. The lowest BCUT2D eigenvalue weighted by molar-refractivity contribution is -0.0132. The third-order valence-electron chi connectivity index (χ3n) is 4.64. The number of hydrogen-bond acceptors (Lipinski definition) is 4. The molecule has 1 aromatic carbocycles. The molecule has 1 fully saturated rings. The van der Waals surface area contributed by atoms with Crippen molar-refractivity contribution in [3.05, 3.63) is 40.2 Å². The van der Waals surface area contributed by atoms with Crippen molar-refractivity contribution in [1.29, 1.82) is 5.26 Å². The van der Waals surface area contributed by atoms with Gasteiger partial charge in [-0.1, -0.05) is 18.2 Å². The fourth-order valence-corrected chi connectivity index (χ4v) is 3.07. The zero-order valence-corrected chi connectivity index (χ0v) is 12.8. The van der Waals surface area contributed by atoms with Crippen molar-refractivity contribution in [2.24, 2.45) is 0 Å². The molecule has 0 radical (unpaired) electrons. The first-order valence-corrected chi connectivity index (χ1v) is 7.43. The van der Waals surface area contributed by atoms with E-state index in [1.165, 1.54) is 0 Å². The van der Waals surface area contributed by atoms with Gasteiger partial charge in [-0.3, -0.25) is 4.79 Å². The Hall–Kier alpha value is -2.32. The maximum absolute atomic E-state index is 12.2. The van der Waals surface area contributed by atoms with Gasteiger partial charge < -0.3 is 14.6 Å². The summed E-state index contributed by atoms with van der Waals surface area (Å²) >= 11 is 0. The number of nitrogens with zero attached hydrogens (tertiary/aromatic N) is 2. The Labute approximate surface area is 129 Å². The van der Waals surface area contributed by atoms with Gasteiger partial charge in [0.25, 0.3) is 5.56 Å². The first-order valence-electron chi connectivity index (χ1n) is 7.43. The Kier molecular flexibility index (Phi) is 3.63. The molecule has 5 heteroatoms. The Balaban J connectivity index is 2.11. The number of H-pyrrole nitrogens is 1. The van der Waals surface area contributed by atoms with E-state index in [4.69, 9.17) is 4.74 Å². The van der Waals surface area contributed by atoms with Crippen LogP contribution in [0, 0.1) is 11.3 Å². The normalized spacial score (nSPS) is 17.4. The van der Waals surface area contributed by atoms with E-state index < -0.39 is 0 Å². The number of aromatic nitrogens is 1. The Morgan fingerprint density at radius 1 is 1.32 bits per heavy atom. The molecule has 2 heterocycles. The van der Waals surface area contributed by atoms with Crippen molar-refractivity contribution < 1.29 is 4.74 Å². The fraction of sp³-hybridized carbons (Fsp3) is 0.412. The number of hydrogen-bond donors (Lipinski definition) is 1. The lowest BCUT2D eigenvalue weighted by Gasteiger charge is -2.40. The van der Waals surface area contributed by atoms with Gasteiger partial charge in [0.1, 0.15) is 11.6 Å². The highest BCUT2D eigenvalue weighted by atomic mass is 16.5. The number of nitriles is 1. The average molecular weight is 297 g/mol. The van der Waals surface area contributed by atoms with Crippen LogP contribution in [0.5, 0.6) is 0 Å². The summed E-state index contributed by atoms with van der Waals surface area (Å²) in [7, 11) is 1.74. The first kappa shape index (κ1) is 14.6. The number of nitrogens with one attached hydrogen (secondary N) is 1. The molecule has 0 aliphatic carbocycles. The van der Waals surface area contributed by atoms with Crippen LogP contribution < -0.4 is 10.5 Å². The SMILES string of the molecule is COC1(C)CCN(c2c(C#N)c(=O)[nH]c3ccccc23)CC1. The molecule has 1 aliphatic rings. The molecule has 0 amide bonds. The van der Waals surface area contributed by atoms with Crippen LogP contribution in [0.4, 0.5) is 5.69 Å². The van der Waals surface area contributed by atoms with Gasteiger partial charge in [0.2, 0.25) is 0 Å². The summed E-state index contributed by atoms with van der Waals surface area (Å²) in [5, 5.41) is 10.3. The summed E-state index contributed by atoms with van der Waals surface area (Å²) in [6, 6.07) is 9.69. The number of para-hydroxylation sites is 1. The second-order valence-corrected chi connectivity index (χ2v) is 5.98. The van der Waals surface area contributed by atoms with Crippen molar-refractivity contribution in [3.8, 4) is 6.07 Å². The van der Waals surface area contributed by atoms with Gasteiger partial charge in [0.15, 0.2) is 0 Å². The smallest absolute Gasteiger partial charge is 0.268 e. The van der Waals surface area contributed by atoms with Crippen LogP contribution in [0.1, 0.15) is 25.3 Å². The van der Waals surface area contributed by atoms with Crippen molar-refractivity contribution in [1.82, 2.24) is 4.98 Å². The van der Waals surface area contributed by atoms with Crippen LogP contribution in [0.2, 0.25) is 0 Å². The van der Waals surface area contributed by atoms with E-state index in [1.807, 2.05) is 24.3 Å². The highest BCUT2D eigenvalue weighted by molar-refractivity contribution is 5.94. The zero-order valence-electron chi connectivity index (χ0n) is 12.8. The van der Waals surface area contributed by atoms with Crippen molar-refractivity contribution in [2.45, 2.75) is 25.4 Å². The number of piperidine rings is 1. The van der Waals surface area contributed by atoms with Gasteiger partial charge in [-0.15, -0.1) is 0 Å². The van der Waals surface area contributed by atoms with E-state index in [2.05, 4.69) is 22.9 Å². The topological polar surface area (TPSA) is 69.1 Å². The maximum Gasteiger partial charge on any atom is 0.268 e. The number of benzene rings is 1. The molecule has 114 valence electrons. The van der Waals surface area contributed by atoms with Crippen LogP contribution in [-0.2, 0) is 4.74 Å². The van der Waals surface area contributed by atoms with Gasteiger partial charge in [0.05, 0.1) is 16.8 Å². The molecule has 1 aromatic heterocycles. The van der Waals surface area contributed by atoms with Gasteiger partial charge in [-0.2, -0.15) is 5.26 Å². The van der Waals surface area contributed by atoms with E-state index >= 15 is 0 Å². The van der Waals surface area contributed by atoms with Crippen LogP contribution in [0.25, 0.3) is 10.9 Å². The molecule has 0 spiro atoms. The minimum absolute atomic E-state index is 0.125. The Morgan fingerprint density at radius 2 is 2.00 bits per heavy atom. The molecule has 22 heavy (non-hydrogen) atoms. The zero-order chi connectivity index (χ0) is 15.7. The lowest BCUT2D eigenvalue weighted by Crippen LogP contribution is -2.44. The fourth-order valence-electron chi connectivity index (χ4n) is 3.07. The highest BCUT2D eigenvalue weighted by Gasteiger charge is 2.31. The number of pyridine rings is 1. The van der Waals surface area contributed by atoms with Gasteiger partial charge in [0, 0.05) is 25.6 Å². The van der Waals surface area contributed by atoms with Crippen molar-refractivity contribution in [2.75, 3.05) is 25.1 Å². The van der Waals surface area contributed by atoms with Gasteiger partial charge in [-0.05, 0) is 25.8 Å². The molecule has 0 bridgehead atoms. The lowest BCUT2D eigenvalue weighted by atomic mass is 9.92. The molecule has 5 nitrogen and oxygen atoms in total. The quantitative estimate of drug-likeness (QED) is 0.924. The molecular weight excluding hydrogens is 278 g/mol. The van der Waals surface area contributed by atoms with Crippen LogP contribution in [0.15, 0.2) is 29.1 Å². The van der Waals surface area contributed by atoms with E-state index in [1.54, 1.807) is 7.11 Å². The summed E-state index contributed by atoms with van der Waals surface area (Å²) in [6.07, 6.45) is 1.74. The summed E-state index contributed by atoms with van der Waals surface area (Å²) in [6.45, 7) is 3.64. The first-order chi connectivity index (χ1) is 10.6. The number of aromatic amines is 1. The Morgan fingerprint density at radius 3 is 2.64 bits per heavy atom. The molecule has 1 aliphatic heterocycles. The second-order valence-electron chi connectivity index (χ2n) is 5.98. The van der Waals surface area contributed by atoms with E-state index in [0.717, 1.165) is 42.5 Å². The van der Waals surface area contributed by atoms with Gasteiger partial charge >= 0.3 is 0 Å². The third-order valence-corrected chi connectivity index (χ3v) is 4.64. The number of fused-ring (bicyclic) bond motifs is 1. The summed E-state index contributed by atoms with van der Waals surface area (Å²) in [5.41, 5.74) is 1.26. The van der Waals surface area contributed by atoms with Crippen molar-refractivity contribution in [3.63, 3.8) is 0 Å². The average Bonchev–Trinajstić information content (AvgIpc) is 2.54. The van der Waals surface area contributed by atoms with E-state index in [-0.39, 0.29) is 16.7 Å². The second kappa shape index (κ2) is 5.47. The van der Waals surface area contributed by atoms with Crippen LogP contribution >= 0.6 is 0 Å². The predicted molar refractivity (Wildman–Crippen MR) is 86.1 cm³/mol. The standard InChI is InChI=1S/C17H19N3O2/c1-17(22-2)7-9-20(10-8-17)15-12-5-3-4-6-14(12)19-16(21)13(15)11-18/h3-6H,7-10H2,1-2H3,(H,19,21). The highest BCUT2D eigenvalue weighted by Crippen LogP contribution is 2.33. The van der Waals surface area contributed by atoms with Crippen LogP contribution in [-0.4, -0.2) is 30.8 Å². The largest absolute Gasteiger partial charge is 0.378 e. The Bertz CT molecular complexity index is 796. The maximum atomic E-state index is 12.2. The van der Waals surface area contributed by atoms with Crippen molar-refractivity contribution >= 4 is 16.6 Å². The number of ether oxygens (including phenoxy) is 1. The summed E-state index contributed by atoms with van der Waals surface area (Å²) < 4.78 is 5.57. The predicted octanol–water partition coefficient (Wildman–Crippen LogP) is 2.41. The monoisotopic (exact) mass is 297 g/mol. The number of rotatable bonds is 2. The molecule has 3 rings (SSSR count). The molecule has 2 aromatic rings. The molecule has 0 saturated carbocycles. The summed E-state index contributed by atoms with van der Waals surface area (Å²) in [4.78, 5) is 17.1. The van der Waals surface area contributed by atoms with Crippen LogP contribution in [0.3, 0.4) is 0 Å². The molecule has 0 unspecified atom stereocenters. The molecule has 1 N–H and O–H groups in total. The number of anilines is 1. The van der Waals surface area contributed by atoms with Gasteiger partial charge in [-0.25, -0.2) is 0 Å². The van der Waals surface area contributed by atoms with E-state index in [9.17, 15) is 10.1 Å². The van der Waals surface area contributed by atoms with E-state index in [0.29, 0.717) is 0 Å². The molecular formula is C17H19N3O2. The molecule has 1 saturated heterocycles.